The number of carbonyl (C=O) groups excluding carboxylic acids is 1. The average Bonchev–Trinajstić information content (AvgIpc) is 2.48. The van der Waals surface area contributed by atoms with Crippen molar-refractivity contribution < 1.29 is 14.1 Å². The molecule has 0 aliphatic rings. The maximum atomic E-state index is 13.1. The van der Waals surface area contributed by atoms with Crippen molar-refractivity contribution >= 4 is 23.2 Å². The monoisotopic (exact) mass is 322 g/mol. The summed E-state index contributed by atoms with van der Waals surface area (Å²) in [4.78, 5) is 22.3. The molecule has 2 aromatic carbocycles. The molecule has 0 unspecified atom stereocenters. The molecule has 0 saturated heterocycles. The standard InChI is InChI=1S/C15H12ClFN2O3/c1-9-2-4-11(19(21)22)7-12(9)15(20)18-8-10-3-5-14(17)13(16)6-10/h2-7H,8H2,1H3,(H,18,20). The molecule has 0 atom stereocenters. The van der Waals surface area contributed by atoms with E-state index in [1.165, 1.54) is 36.4 Å². The number of halogens is 2. The summed E-state index contributed by atoms with van der Waals surface area (Å²) in [6, 6.07) is 8.21. The lowest BCUT2D eigenvalue weighted by atomic mass is 10.1. The van der Waals surface area contributed by atoms with Crippen LogP contribution >= 0.6 is 11.6 Å². The van der Waals surface area contributed by atoms with Crippen LogP contribution in [0.4, 0.5) is 10.1 Å². The lowest BCUT2D eigenvalue weighted by Gasteiger charge is -2.08. The van der Waals surface area contributed by atoms with E-state index >= 15 is 0 Å². The van der Waals surface area contributed by atoms with E-state index in [0.717, 1.165) is 0 Å². The molecule has 0 bridgehead atoms. The number of amides is 1. The molecule has 1 N–H and O–H groups in total. The van der Waals surface area contributed by atoms with Crippen LogP contribution < -0.4 is 5.32 Å². The number of aryl methyl sites for hydroxylation is 1. The topological polar surface area (TPSA) is 72.2 Å². The van der Waals surface area contributed by atoms with Crippen molar-refractivity contribution in [3.8, 4) is 0 Å². The van der Waals surface area contributed by atoms with Gasteiger partial charge in [-0.05, 0) is 30.2 Å². The fourth-order valence-electron chi connectivity index (χ4n) is 1.90. The van der Waals surface area contributed by atoms with Gasteiger partial charge in [-0.1, -0.05) is 23.7 Å². The van der Waals surface area contributed by atoms with Gasteiger partial charge < -0.3 is 5.32 Å². The fourth-order valence-corrected chi connectivity index (χ4v) is 2.10. The Hall–Kier alpha value is -2.47. The molecule has 1 amide bonds. The van der Waals surface area contributed by atoms with Crippen LogP contribution in [0, 0.1) is 22.9 Å². The van der Waals surface area contributed by atoms with Crippen molar-refractivity contribution in [1.29, 1.82) is 0 Å². The van der Waals surface area contributed by atoms with Crippen LogP contribution in [-0.4, -0.2) is 10.8 Å². The van der Waals surface area contributed by atoms with Crippen LogP contribution in [0.3, 0.4) is 0 Å². The Morgan fingerprint density at radius 3 is 2.68 bits per heavy atom. The van der Waals surface area contributed by atoms with Crippen LogP contribution in [0.5, 0.6) is 0 Å². The molecule has 22 heavy (non-hydrogen) atoms. The van der Waals surface area contributed by atoms with E-state index in [1.54, 1.807) is 6.92 Å². The summed E-state index contributed by atoms with van der Waals surface area (Å²) >= 11 is 5.66. The quantitative estimate of drug-likeness (QED) is 0.690. The Bertz CT molecular complexity index is 750. The van der Waals surface area contributed by atoms with Gasteiger partial charge in [-0.15, -0.1) is 0 Å². The number of nitrogens with zero attached hydrogens (tertiary/aromatic N) is 1. The molecule has 0 aliphatic carbocycles. The Morgan fingerprint density at radius 2 is 2.05 bits per heavy atom. The van der Waals surface area contributed by atoms with Gasteiger partial charge in [-0.25, -0.2) is 4.39 Å². The van der Waals surface area contributed by atoms with E-state index in [4.69, 9.17) is 11.6 Å². The smallest absolute Gasteiger partial charge is 0.270 e. The highest BCUT2D eigenvalue weighted by Gasteiger charge is 2.14. The van der Waals surface area contributed by atoms with Crippen LogP contribution in [-0.2, 0) is 6.54 Å². The maximum absolute atomic E-state index is 13.1. The van der Waals surface area contributed by atoms with Crippen molar-refractivity contribution in [2.75, 3.05) is 0 Å². The Balaban J connectivity index is 2.13. The number of nitrogens with one attached hydrogen (secondary N) is 1. The predicted octanol–water partition coefficient (Wildman–Crippen LogP) is 3.63. The number of nitro groups is 1. The van der Waals surface area contributed by atoms with E-state index < -0.39 is 16.6 Å². The minimum Gasteiger partial charge on any atom is -0.348 e. The molecule has 2 rings (SSSR count). The lowest BCUT2D eigenvalue weighted by Crippen LogP contribution is -2.23. The summed E-state index contributed by atoms with van der Waals surface area (Å²) < 4.78 is 13.1. The molecule has 7 heteroatoms. The van der Waals surface area contributed by atoms with Crippen LogP contribution in [0.15, 0.2) is 36.4 Å². The van der Waals surface area contributed by atoms with Crippen LogP contribution in [0.1, 0.15) is 21.5 Å². The SMILES string of the molecule is Cc1ccc([N+](=O)[O-])cc1C(=O)NCc1ccc(F)c(Cl)c1. The zero-order valence-electron chi connectivity index (χ0n) is 11.6. The highest BCUT2D eigenvalue weighted by Crippen LogP contribution is 2.18. The Morgan fingerprint density at radius 1 is 1.32 bits per heavy atom. The molecule has 0 radical (unpaired) electrons. The molecule has 5 nitrogen and oxygen atoms in total. The Labute approximate surface area is 130 Å². The predicted molar refractivity (Wildman–Crippen MR) is 80.4 cm³/mol. The molecule has 114 valence electrons. The van der Waals surface area contributed by atoms with Gasteiger partial charge in [0.1, 0.15) is 5.82 Å². The summed E-state index contributed by atoms with van der Waals surface area (Å²) in [5, 5.41) is 13.4. The second kappa shape index (κ2) is 6.53. The molecule has 0 heterocycles. The van der Waals surface area contributed by atoms with Gasteiger partial charge in [0.15, 0.2) is 0 Å². The Kier molecular flexibility index (Phi) is 4.72. The number of nitro benzene ring substituents is 1. The number of hydrogen-bond acceptors (Lipinski definition) is 3. The first kappa shape index (κ1) is 15.9. The third-order valence-electron chi connectivity index (χ3n) is 3.11. The first-order valence-corrected chi connectivity index (χ1v) is 6.73. The van der Waals surface area contributed by atoms with Crippen molar-refractivity contribution in [1.82, 2.24) is 5.32 Å². The largest absolute Gasteiger partial charge is 0.348 e. The zero-order chi connectivity index (χ0) is 16.3. The van der Waals surface area contributed by atoms with Crippen molar-refractivity contribution in [2.45, 2.75) is 13.5 Å². The number of benzene rings is 2. The van der Waals surface area contributed by atoms with Gasteiger partial charge in [-0.2, -0.15) is 0 Å². The van der Waals surface area contributed by atoms with Gasteiger partial charge in [-0.3, -0.25) is 14.9 Å². The summed E-state index contributed by atoms with van der Waals surface area (Å²) in [6.45, 7) is 1.83. The van der Waals surface area contributed by atoms with Crippen LogP contribution in [0.2, 0.25) is 5.02 Å². The van der Waals surface area contributed by atoms with E-state index in [-0.39, 0.29) is 22.8 Å². The fraction of sp³-hybridized carbons (Fsp3) is 0.133. The third-order valence-corrected chi connectivity index (χ3v) is 3.40. The third kappa shape index (κ3) is 3.59. The molecule has 0 aromatic heterocycles. The highest BCUT2D eigenvalue weighted by molar-refractivity contribution is 6.30. The average molecular weight is 323 g/mol. The summed E-state index contributed by atoms with van der Waals surface area (Å²) in [5.41, 5.74) is 1.33. The van der Waals surface area contributed by atoms with Gasteiger partial charge in [0.2, 0.25) is 0 Å². The van der Waals surface area contributed by atoms with Gasteiger partial charge >= 0.3 is 0 Å². The van der Waals surface area contributed by atoms with Crippen molar-refractivity contribution in [3.63, 3.8) is 0 Å². The maximum Gasteiger partial charge on any atom is 0.270 e. The first-order chi connectivity index (χ1) is 10.4. The van der Waals surface area contributed by atoms with E-state index in [2.05, 4.69) is 5.32 Å². The van der Waals surface area contributed by atoms with E-state index in [9.17, 15) is 19.3 Å². The van der Waals surface area contributed by atoms with Gasteiger partial charge in [0.25, 0.3) is 11.6 Å². The van der Waals surface area contributed by atoms with Gasteiger partial charge in [0, 0.05) is 24.2 Å². The minimum atomic E-state index is -0.560. The molecule has 0 aliphatic heterocycles. The zero-order valence-corrected chi connectivity index (χ0v) is 12.4. The van der Waals surface area contributed by atoms with Gasteiger partial charge in [0.05, 0.1) is 9.95 Å². The number of hydrogen-bond donors (Lipinski definition) is 1. The molecular formula is C15H12ClFN2O3. The number of non-ortho nitro benzene ring substituents is 1. The number of carbonyl (C=O) groups is 1. The summed E-state index contributed by atoms with van der Waals surface area (Å²) in [5.74, 6) is -0.979. The number of rotatable bonds is 4. The minimum absolute atomic E-state index is 0.0294. The first-order valence-electron chi connectivity index (χ1n) is 6.35. The normalized spacial score (nSPS) is 10.3. The second-order valence-corrected chi connectivity index (χ2v) is 5.09. The second-order valence-electron chi connectivity index (χ2n) is 4.69. The van der Waals surface area contributed by atoms with Crippen molar-refractivity contribution in [2.24, 2.45) is 0 Å². The van der Waals surface area contributed by atoms with Crippen LogP contribution in [0.25, 0.3) is 0 Å². The molecule has 2 aromatic rings. The molecule has 0 fully saturated rings. The summed E-state index contributed by atoms with van der Waals surface area (Å²) in [6.07, 6.45) is 0. The van der Waals surface area contributed by atoms with E-state index in [0.29, 0.717) is 11.1 Å². The summed E-state index contributed by atoms with van der Waals surface area (Å²) in [7, 11) is 0. The molecule has 0 spiro atoms. The van der Waals surface area contributed by atoms with E-state index in [1.807, 2.05) is 0 Å². The molecular weight excluding hydrogens is 311 g/mol. The lowest BCUT2D eigenvalue weighted by molar-refractivity contribution is -0.384. The van der Waals surface area contributed by atoms with Crippen molar-refractivity contribution in [3.05, 3.63) is 74.0 Å². The molecule has 0 saturated carbocycles. The highest BCUT2D eigenvalue weighted by atomic mass is 35.5.